The number of aliphatic hydroxyl groups is 4. The summed E-state index contributed by atoms with van der Waals surface area (Å²) in [6.45, 7) is -0.170. The van der Waals surface area contributed by atoms with Gasteiger partial charge in [-0.1, -0.05) is 48.5 Å². The molecule has 0 bridgehead atoms. The van der Waals surface area contributed by atoms with Gasteiger partial charge in [-0.2, -0.15) is 0 Å². The van der Waals surface area contributed by atoms with Crippen molar-refractivity contribution < 1.29 is 50.3 Å². The van der Waals surface area contributed by atoms with E-state index in [1.165, 1.54) is 49.1 Å². The Kier molecular flexibility index (Phi) is 12.4. The topological polar surface area (TPSA) is 230 Å². The average Bonchev–Trinajstić information content (AvgIpc) is 3.17. The molecule has 0 spiro atoms. The zero-order valence-electron chi connectivity index (χ0n) is 28.9. The molecule has 8 N–H and O–H groups in total. The first kappa shape index (κ1) is 38.3. The van der Waals surface area contributed by atoms with Gasteiger partial charge in [-0.05, 0) is 55.0 Å². The van der Waals surface area contributed by atoms with E-state index in [9.17, 15) is 40.9 Å². The Hall–Kier alpha value is -5.48. The number of aromatic hydroxyl groups is 4. The number of phenolic OH excluding ortho intramolecular Hbond substituents is 4. The third kappa shape index (κ3) is 8.99. The largest absolute Gasteiger partial charge is 0.507 e. The van der Waals surface area contributed by atoms with Gasteiger partial charge in [0.2, 0.25) is 0 Å². The van der Waals surface area contributed by atoms with E-state index >= 15 is 0 Å². The summed E-state index contributed by atoms with van der Waals surface area (Å²) in [6, 6.07) is 22.8. The number of rotatable bonds is 11. The van der Waals surface area contributed by atoms with Crippen LogP contribution in [-0.2, 0) is 9.47 Å². The van der Waals surface area contributed by atoms with Crippen molar-refractivity contribution in [1.29, 1.82) is 0 Å². The van der Waals surface area contributed by atoms with Crippen molar-refractivity contribution in [2.45, 2.75) is 67.5 Å². The van der Waals surface area contributed by atoms with E-state index < -0.39 is 61.0 Å². The number of nitrogens with zero attached hydrogens (tertiary/aromatic N) is 4. The molecule has 282 valence electrons. The fourth-order valence-electron chi connectivity index (χ4n) is 6.29. The Morgan fingerprint density at radius 3 is 1.48 bits per heavy atom. The van der Waals surface area contributed by atoms with Crippen molar-refractivity contribution in [3.8, 4) is 23.0 Å². The van der Waals surface area contributed by atoms with Crippen molar-refractivity contribution >= 4 is 24.9 Å². The molecule has 10 unspecified atom stereocenters. The van der Waals surface area contributed by atoms with Gasteiger partial charge in [0, 0.05) is 47.1 Å². The summed E-state index contributed by atoms with van der Waals surface area (Å²) in [5.74, 6) is -0.147. The number of hydrogen-bond donors (Lipinski definition) is 8. The van der Waals surface area contributed by atoms with Crippen molar-refractivity contribution in [2.24, 2.45) is 20.0 Å². The van der Waals surface area contributed by atoms with Crippen LogP contribution < -0.4 is 0 Å². The van der Waals surface area contributed by atoms with E-state index in [0.717, 1.165) is 0 Å². The standard InChI is InChI=1S/C40H42N4O10/c45-29-13-5-1-9-23(29)18-41-22-33-36(50)37(51)34(44-21-26-12-4-8-16-32(26)48)40(53-33)54-39-28(43-20-25-11-3-7-15-31(25)47)17-27(35(49)38(39)52)42-19-24-10-2-6-14-30(24)46/h1-16,18-21,27-28,33-40,45-52H,17,22H2. The van der Waals surface area contributed by atoms with Crippen LogP contribution >= 0.6 is 0 Å². The number of aliphatic hydroxyl groups excluding tert-OH is 4. The minimum atomic E-state index is -1.62. The molecule has 1 saturated carbocycles. The van der Waals surface area contributed by atoms with Crippen LogP contribution in [0.15, 0.2) is 117 Å². The molecule has 14 heteroatoms. The van der Waals surface area contributed by atoms with E-state index in [0.29, 0.717) is 22.3 Å². The molecule has 14 nitrogen and oxygen atoms in total. The quantitative estimate of drug-likeness (QED) is 0.105. The third-order valence-electron chi connectivity index (χ3n) is 9.36. The molecule has 0 aromatic heterocycles. The minimum absolute atomic E-state index is 0.00496. The van der Waals surface area contributed by atoms with Crippen LogP contribution in [0.25, 0.3) is 0 Å². The average molecular weight is 739 g/mol. The predicted molar refractivity (Wildman–Crippen MR) is 201 cm³/mol. The van der Waals surface area contributed by atoms with Crippen LogP contribution in [0.4, 0.5) is 0 Å². The summed E-state index contributed by atoms with van der Waals surface area (Å²) in [5, 5.41) is 86.7. The molecule has 10 atom stereocenters. The Bertz CT molecular complexity index is 1990. The first-order valence-corrected chi connectivity index (χ1v) is 17.3. The maximum Gasteiger partial charge on any atom is 0.183 e. The van der Waals surface area contributed by atoms with Crippen LogP contribution in [0, 0.1) is 0 Å². The minimum Gasteiger partial charge on any atom is -0.507 e. The van der Waals surface area contributed by atoms with Gasteiger partial charge in [0.15, 0.2) is 6.29 Å². The molecule has 0 amide bonds. The van der Waals surface area contributed by atoms with Gasteiger partial charge in [0.05, 0.1) is 18.6 Å². The molecular formula is C40H42N4O10. The summed E-state index contributed by atoms with van der Waals surface area (Å²) >= 11 is 0. The number of ether oxygens (including phenoxy) is 2. The van der Waals surface area contributed by atoms with Crippen LogP contribution in [0.3, 0.4) is 0 Å². The summed E-state index contributed by atoms with van der Waals surface area (Å²) in [7, 11) is 0. The first-order chi connectivity index (χ1) is 26.1. The number of para-hydroxylation sites is 4. The smallest absolute Gasteiger partial charge is 0.183 e. The lowest BCUT2D eigenvalue weighted by Crippen LogP contribution is -2.62. The van der Waals surface area contributed by atoms with Crippen molar-refractivity contribution in [3.63, 3.8) is 0 Å². The molecule has 2 fully saturated rings. The van der Waals surface area contributed by atoms with Gasteiger partial charge in [-0.3, -0.25) is 20.0 Å². The molecule has 2 aliphatic rings. The Labute approximate surface area is 311 Å². The molecular weight excluding hydrogens is 696 g/mol. The third-order valence-corrected chi connectivity index (χ3v) is 9.36. The van der Waals surface area contributed by atoms with E-state index in [-0.39, 0.29) is 36.0 Å². The number of hydrogen-bond acceptors (Lipinski definition) is 14. The van der Waals surface area contributed by atoms with Crippen molar-refractivity contribution in [3.05, 3.63) is 119 Å². The lowest BCUT2D eigenvalue weighted by Gasteiger charge is -2.45. The second-order valence-electron chi connectivity index (χ2n) is 13.0. The van der Waals surface area contributed by atoms with Crippen LogP contribution in [0.1, 0.15) is 28.7 Å². The summed E-state index contributed by atoms with van der Waals surface area (Å²) in [4.78, 5) is 17.9. The molecule has 1 heterocycles. The highest BCUT2D eigenvalue weighted by molar-refractivity contribution is 5.85. The summed E-state index contributed by atoms with van der Waals surface area (Å²) in [5.41, 5.74) is 1.52. The first-order valence-electron chi connectivity index (χ1n) is 17.3. The fourth-order valence-corrected chi connectivity index (χ4v) is 6.29. The van der Waals surface area contributed by atoms with Gasteiger partial charge < -0.3 is 50.3 Å². The van der Waals surface area contributed by atoms with E-state index in [1.54, 1.807) is 72.8 Å². The highest BCUT2D eigenvalue weighted by Gasteiger charge is 2.50. The van der Waals surface area contributed by atoms with Gasteiger partial charge >= 0.3 is 0 Å². The van der Waals surface area contributed by atoms with Crippen molar-refractivity contribution in [2.75, 3.05) is 6.54 Å². The van der Waals surface area contributed by atoms with Gasteiger partial charge in [-0.15, -0.1) is 0 Å². The van der Waals surface area contributed by atoms with Crippen molar-refractivity contribution in [1.82, 2.24) is 0 Å². The second kappa shape index (κ2) is 17.6. The highest BCUT2D eigenvalue weighted by atomic mass is 16.7. The number of benzene rings is 4. The zero-order chi connectivity index (χ0) is 38.2. The number of aliphatic imine (C=N–C) groups is 4. The number of phenols is 4. The fraction of sp³-hybridized carbons (Fsp3) is 0.300. The summed E-state index contributed by atoms with van der Waals surface area (Å²) in [6.07, 6.45) is -4.53. The SMILES string of the molecule is Oc1ccccc1C=NCC1OC(OC2C(N=Cc3ccccc3O)CC(N=Cc3ccccc3O)C(O)C2O)C(N=Cc2ccccc2O)C(O)C1O. The molecule has 0 radical (unpaired) electrons. The van der Waals surface area contributed by atoms with Crippen LogP contribution in [-0.4, -0.2) is 133 Å². The molecule has 6 rings (SSSR count). The molecule has 4 aromatic carbocycles. The Morgan fingerprint density at radius 1 is 0.537 bits per heavy atom. The maximum absolute atomic E-state index is 11.6. The normalized spacial score (nSPS) is 29.1. The lowest BCUT2D eigenvalue weighted by molar-refractivity contribution is -0.287. The van der Waals surface area contributed by atoms with E-state index in [4.69, 9.17) is 9.47 Å². The van der Waals surface area contributed by atoms with Gasteiger partial charge in [0.1, 0.15) is 65.7 Å². The predicted octanol–water partition coefficient (Wildman–Crippen LogP) is 2.35. The molecule has 54 heavy (non-hydrogen) atoms. The van der Waals surface area contributed by atoms with Gasteiger partial charge in [0.25, 0.3) is 0 Å². The second-order valence-corrected chi connectivity index (χ2v) is 13.0. The monoisotopic (exact) mass is 738 g/mol. The molecule has 4 aromatic rings. The molecule has 1 saturated heterocycles. The lowest BCUT2D eigenvalue weighted by atomic mass is 9.84. The molecule has 1 aliphatic heterocycles. The van der Waals surface area contributed by atoms with Crippen LogP contribution in [0.5, 0.6) is 23.0 Å². The Morgan fingerprint density at radius 2 is 0.981 bits per heavy atom. The summed E-state index contributed by atoms with van der Waals surface area (Å²) < 4.78 is 12.6. The maximum atomic E-state index is 11.6. The Balaban J connectivity index is 1.32. The molecule has 1 aliphatic carbocycles. The van der Waals surface area contributed by atoms with E-state index in [2.05, 4.69) is 20.0 Å². The zero-order valence-corrected chi connectivity index (χ0v) is 28.9. The van der Waals surface area contributed by atoms with Gasteiger partial charge in [-0.25, -0.2) is 0 Å². The highest BCUT2D eigenvalue weighted by Crippen LogP contribution is 2.33. The van der Waals surface area contributed by atoms with Crippen LogP contribution in [0.2, 0.25) is 0 Å². The van der Waals surface area contributed by atoms with E-state index in [1.807, 2.05) is 0 Å².